The summed E-state index contributed by atoms with van der Waals surface area (Å²) < 4.78 is 0. The van der Waals surface area contributed by atoms with Gasteiger partial charge in [0, 0.05) is 42.9 Å². The first-order valence-electron chi connectivity index (χ1n) is 0.258. The maximum atomic E-state index is 6.50. The fourth-order valence-corrected chi connectivity index (χ4v) is 0. The SMILES string of the molecule is [B]O.[Fe].[Hf]. The predicted molar refractivity (Wildman–Crippen MR) is 7.97 cm³/mol. The molecule has 0 spiro atoms. The Hall–Kier alpha value is 1.41. The molecule has 0 aromatic rings. The second-order valence-electron chi connectivity index (χ2n) is 0. The quantitative estimate of drug-likeness (QED) is 0.559. The molecular weight excluding hydrogens is 261 g/mol. The van der Waals surface area contributed by atoms with E-state index in [4.69, 9.17) is 5.02 Å². The maximum Gasteiger partial charge on any atom is 0.277 e. The molecule has 1 N–H and O–H groups in total. The number of hydrogen-bond donors (Lipinski definition) is 1. The summed E-state index contributed by atoms with van der Waals surface area (Å²) in [4.78, 5) is 0. The average Bonchev–Trinajstić information content (AvgIpc) is 1.00. The van der Waals surface area contributed by atoms with E-state index in [1.165, 1.54) is 0 Å². The third kappa shape index (κ3) is 9.95. The van der Waals surface area contributed by atoms with Crippen LogP contribution in [0.1, 0.15) is 0 Å². The molecular formula is HBFeHfO. The molecule has 0 saturated carbocycles. The fourth-order valence-electron chi connectivity index (χ4n) is 0. The van der Waals surface area contributed by atoms with Crippen molar-refractivity contribution in [3.05, 3.63) is 0 Å². The summed E-state index contributed by atoms with van der Waals surface area (Å²) in [5, 5.41) is 6.50. The van der Waals surface area contributed by atoms with Crippen LogP contribution in [0.4, 0.5) is 0 Å². The molecule has 0 unspecified atom stereocenters. The maximum absolute atomic E-state index is 6.50. The van der Waals surface area contributed by atoms with Crippen LogP contribution in [-0.2, 0) is 42.9 Å². The van der Waals surface area contributed by atoms with Crippen molar-refractivity contribution in [2.75, 3.05) is 0 Å². The Balaban J connectivity index is -0.00000000500. The van der Waals surface area contributed by atoms with Gasteiger partial charge in [0.25, 0.3) is 8.05 Å². The van der Waals surface area contributed by atoms with Gasteiger partial charge >= 0.3 is 0 Å². The molecule has 0 aromatic carbocycles. The zero-order valence-corrected chi connectivity index (χ0v) is 6.57. The van der Waals surface area contributed by atoms with Crippen molar-refractivity contribution in [2.45, 2.75) is 0 Å². The summed E-state index contributed by atoms with van der Waals surface area (Å²) in [5.41, 5.74) is 0. The molecule has 0 aliphatic rings. The van der Waals surface area contributed by atoms with Gasteiger partial charge in [-0.25, -0.2) is 0 Å². The monoisotopic (exact) mass is 264 g/mol. The van der Waals surface area contributed by atoms with Crippen LogP contribution in [0.25, 0.3) is 0 Å². The zero-order chi connectivity index (χ0) is 2.00. The average molecular weight is 262 g/mol. The second-order valence-corrected chi connectivity index (χ2v) is 0. The molecule has 0 atom stereocenters. The largest absolute Gasteiger partial charge is 0.461 e. The van der Waals surface area contributed by atoms with E-state index < -0.39 is 0 Å². The van der Waals surface area contributed by atoms with Gasteiger partial charge in [0.2, 0.25) is 0 Å². The molecule has 22 valence electrons. The topological polar surface area (TPSA) is 20.2 Å². The van der Waals surface area contributed by atoms with E-state index in [1.54, 1.807) is 0 Å². The summed E-state index contributed by atoms with van der Waals surface area (Å²) in [7, 11) is 3.50. The van der Waals surface area contributed by atoms with Crippen LogP contribution in [0.2, 0.25) is 0 Å². The normalized spacial score (nSPS) is 1.25. The molecule has 4 heteroatoms. The van der Waals surface area contributed by atoms with Gasteiger partial charge in [0.05, 0.1) is 0 Å². The molecule has 1 nitrogen and oxygen atoms in total. The predicted octanol–water partition coefficient (Wildman–Crippen LogP) is -0.943. The third-order valence-corrected chi connectivity index (χ3v) is 0. The van der Waals surface area contributed by atoms with Gasteiger partial charge in [-0.15, -0.1) is 0 Å². The summed E-state index contributed by atoms with van der Waals surface area (Å²) in [6, 6.07) is 0. The van der Waals surface area contributed by atoms with Crippen molar-refractivity contribution in [3.63, 3.8) is 0 Å². The van der Waals surface area contributed by atoms with E-state index in [1.807, 2.05) is 0 Å². The standard InChI is InChI=1S/BHO.Fe.Hf/c1-2;;/h2H;;. The molecule has 0 aliphatic carbocycles. The van der Waals surface area contributed by atoms with Crippen LogP contribution in [0.3, 0.4) is 0 Å². The van der Waals surface area contributed by atoms with E-state index in [0.717, 1.165) is 0 Å². The first-order chi connectivity index (χ1) is 1.00. The van der Waals surface area contributed by atoms with Gasteiger partial charge in [-0.3, -0.25) is 0 Å². The van der Waals surface area contributed by atoms with Crippen LogP contribution in [0.15, 0.2) is 0 Å². The van der Waals surface area contributed by atoms with Crippen LogP contribution < -0.4 is 0 Å². The summed E-state index contributed by atoms with van der Waals surface area (Å²) in [6.45, 7) is 0. The molecule has 0 rings (SSSR count). The summed E-state index contributed by atoms with van der Waals surface area (Å²) in [6.07, 6.45) is 0. The molecule has 0 saturated heterocycles. The van der Waals surface area contributed by atoms with Gasteiger partial charge in [-0.1, -0.05) is 0 Å². The molecule has 0 aromatic heterocycles. The van der Waals surface area contributed by atoms with E-state index in [2.05, 4.69) is 8.05 Å². The van der Waals surface area contributed by atoms with E-state index >= 15 is 0 Å². The molecule has 0 amide bonds. The van der Waals surface area contributed by atoms with Crippen molar-refractivity contribution < 1.29 is 47.9 Å². The molecule has 0 heterocycles. The van der Waals surface area contributed by atoms with Gasteiger partial charge < -0.3 is 5.02 Å². The zero-order valence-electron chi connectivity index (χ0n) is 1.88. The Morgan fingerprint density at radius 3 is 1.25 bits per heavy atom. The van der Waals surface area contributed by atoms with Crippen molar-refractivity contribution in [3.8, 4) is 0 Å². The van der Waals surface area contributed by atoms with Crippen LogP contribution in [-0.4, -0.2) is 13.1 Å². The Morgan fingerprint density at radius 2 is 1.25 bits per heavy atom. The van der Waals surface area contributed by atoms with Gasteiger partial charge in [-0.2, -0.15) is 0 Å². The number of hydrogen-bond acceptors (Lipinski definition) is 1. The van der Waals surface area contributed by atoms with Crippen LogP contribution >= 0.6 is 0 Å². The Bertz CT molecular complexity index is 8.00. The van der Waals surface area contributed by atoms with E-state index in [9.17, 15) is 0 Å². The minimum atomic E-state index is 0. The summed E-state index contributed by atoms with van der Waals surface area (Å²) >= 11 is 0. The minimum absolute atomic E-state index is 0. The van der Waals surface area contributed by atoms with Gasteiger partial charge in [0.1, 0.15) is 0 Å². The molecule has 0 aliphatic heterocycles. The third-order valence-electron chi connectivity index (χ3n) is 0. The van der Waals surface area contributed by atoms with E-state index in [0.29, 0.717) is 0 Å². The molecule has 4 heavy (non-hydrogen) atoms. The first kappa shape index (κ1) is 18.1. The minimum Gasteiger partial charge on any atom is -0.461 e. The van der Waals surface area contributed by atoms with E-state index in [-0.39, 0.29) is 42.9 Å². The molecule has 2 radical (unpaired) electrons. The van der Waals surface area contributed by atoms with Crippen molar-refractivity contribution in [2.24, 2.45) is 0 Å². The van der Waals surface area contributed by atoms with Gasteiger partial charge in [-0.05, 0) is 0 Å². The Morgan fingerprint density at radius 1 is 1.25 bits per heavy atom. The first-order valence-corrected chi connectivity index (χ1v) is 0.258. The smallest absolute Gasteiger partial charge is 0.277 e. The second kappa shape index (κ2) is 25.7. The van der Waals surface area contributed by atoms with Gasteiger partial charge in [0.15, 0.2) is 0 Å². The van der Waals surface area contributed by atoms with Crippen molar-refractivity contribution in [1.82, 2.24) is 0 Å². The fraction of sp³-hybridized carbons (Fsp3) is 0. The Labute approximate surface area is 55.9 Å². The molecule has 0 fully saturated rings. The van der Waals surface area contributed by atoms with Crippen molar-refractivity contribution >= 4 is 8.05 Å². The Kier molecular flexibility index (Phi) is 116. The van der Waals surface area contributed by atoms with Crippen LogP contribution in [0.5, 0.6) is 0 Å². The van der Waals surface area contributed by atoms with Crippen molar-refractivity contribution in [1.29, 1.82) is 0 Å². The molecule has 0 bridgehead atoms. The summed E-state index contributed by atoms with van der Waals surface area (Å²) in [5.74, 6) is 0. The number of rotatable bonds is 0. The van der Waals surface area contributed by atoms with Crippen LogP contribution in [0, 0.1) is 0 Å².